The van der Waals surface area contributed by atoms with E-state index in [-0.39, 0.29) is 23.6 Å². The zero-order valence-corrected chi connectivity index (χ0v) is 12.9. The van der Waals surface area contributed by atoms with Gasteiger partial charge in [0, 0.05) is 17.8 Å². The van der Waals surface area contributed by atoms with Gasteiger partial charge < -0.3 is 15.0 Å². The zero-order chi connectivity index (χ0) is 15.5. The van der Waals surface area contributed by atoms with Gasteiger partial charge in [0.2, 0.25) is 0 Å². The summed E-state index contributed by atoms with van der Waals surface area (Å²) in [5, 5.41) is 2.80. The number of ether oxygens (including phenoxy) is 1. The van der Waals surface area contributed by atoms with Crippen molar-refractivity contribution in [2.45, 2.75) is 45.3 Å². The van der Waals surface area contributed by atoms with E-state index in [1.807, 2.05) is 20.8 Å². The van der Waals surface area contributed by atoms with Crippen molar-refractivity contribution in [3.63, 3.8) is 0 Å². The Bertz CT molecular complexity index is 482. The molecule has 0 radical (unpaired) electrons. The number of nitrogens with zero attached hydrogens (tertiary/aromatic N) is 1. The molecule has 1 heterocycles. The lowest BCUT2D eigenvalue weighted by Crippen LogP contribution is -2.46. The first-order valence-corrected chi connectivity index (χ1v) is 7.33. The molecule has 0 aromatic heterocycles. The normalized spacial score (nSPS) is 19.2. The molecule has 0 spiro atoms. The van der Waals surface area contributed by atoms with Crippen LogP contribution in [0.15, 0.2) is 24.3 Å². The highest BCUT2D eigenvalue weighted by atomic mass is 19.1. The van der Waals surface area contributed by atoms with Crippen LogP contribution in [0.5, 0.6) is 0 Å². The topological polar surface area (TPSA) is 41.6 Å². The number of halogens is 1. The van der Waals surface area contributed by atoms with Gasteiger partial charge in [0.25, 0.3) is 0 Å². The molecule has 1 unspecified atom stereocenters. The summed E-state index contributed by atoms with van der Waals surface area (Å²) >= 11 is 0. The highest BCUT2D eigenvalue weighted by molar-refractivity contribution is 5.68. The molecule has 1 N–H and O–H groups in total. The third-order valence-corrected chi connectivity index (χ3v) is 3.32. The highest BCUT2D eigenvalue weighted by Gasteiger charge is 2.24. The van der Waals surface area contributed by atoms with Crippen molar-refractivity contribution in [1.29, 1.82) is 0 Å². The fraction of sp³-hybridized carbons (Fsp3) is 0.562. The van der Waals surface area contributed by atoms with Gasteiger partial charge in [-0.25, -0.2) is 9.18 Å². The van der Waals surface area contributed by atoms with E-state index in [2.05, 4.69) is 10.2 Å². The minimum absolute atomic E-state index is 0.133. The van der Waals surface area contributed by atoms with E-state index in [4.69, 9.17) is 4.74 Å². The third kappa shape index (κ3) is 4.92. The number of hydrogen-bond acceptors (Lipinski definition) is 3. The summed E-state index contributed by atoms with van der Waals surface area (Å²) in [6.07, 6.45) is 1.29. The summed E-state index contributed by atoms with van der Waals surface area (Å²) in [4.78, 5) is 13.9. The molecule has 116 valence electrons. The SMILES string of the molecule is CC(C)(C)NC(=O)OC1CCCN(c2ccc(F)cc2)C1. The molecule has 1 saturated heterocycles. The molecule has 0 saturated carbocycles. The van der Waals surface area contributed by atoms with Crippen molar-refractivity contribution in [3.05, 3.63) is 30.1 Å². The maximum Gasteiger partial charge on any atom is 0.407 e. The van der Waals surface area contributed by atoms with Crippen LogP contribution in [0, 0.1) is 5.82 Å². The molecule has 1 fully saturated rings. The van der Waals surface area contributed by atoms with Crippen molar-refractivity contribution in [2.24, 2.45) is 0 Å². The molecule has 0 aliphatic carbocycles. The molecule has 4 nitrogen and oxygen atoms in total. The number of hydrogen-bond donors (Lipinski definition) is 1. The van der Waals surface area contributed by atoms with Crippen LogP contribution in [-0.4, -0.2) is 30.8 Å². The first-order valence-electron chi connectivity index (χ1n) is 7.33. The number of amides is 1. The second-order valence-corrected chi connectivity index (χ2v) is 6.47. The second kappa shape index (κ2) is 6.33. The number of benzene rings is 1. The summed E-state index contributed by atoms with van der Waals surface area (Å²) in [7, 11) is 0. The maximum atomic E-state index is 13.0. The lowest BCUT2D eigenvalue weighted by molar-refractivity contribution is 0.0826. The number of carbonyl (C=O) groups excluding carboxylic acids is 1. The van der Waals surface area contributed by atoms with Gasteiger partial charge in [-0.15, -0.1) is 0 Å². The molecular weight excluding hydrogens is 271 g/mol. The van der Waals surface area contributed by atoms with E-state index >= 15 is 0 Å². The number of alkyl carbamates (subject to hydrolysis) is 1. The molecule has 1 aromatic carbocycles. The first kappa shape index (κ1) is 15.6. The molecule has 1 aliphatic heterocycles. The average molecular weight is 294 g/mol. The molecule has 1 aromatic rings. The number of carbonyl (C=O) groups is 1. The van der Waals surface area contributed by atoms with Gasteiger partial charge in [-0.3, -0.25) is 0 Å². The lowest BCUT2D eigenvalue weighted by atomic mass is 10.1. The molecule has 0 bridgehead atoms. The molecule has 21 heavy (non-hydrogen) atoms. The molecule has 2 rings (SSSR count). The Hall–Kier alpha value is -1.78. The number of nitrogens with one attached hydrogen (secondary N) is 1. The number of anilines is 1. The van der Waals surface area contributed by atoms with Gasteiger partial charge in [-0.2, -0.15) is 0 Å². The van der Waals surface area contributed by atoms with Crippen molar-refractivity contribution in [2.75, 3.05) is 18.0 Å². The van der Waals surface area contributed by atoms with Crippen LogP contribution in [-0.2, 0) is 4.74 Å². The quantitative estimate of drug-likeness (QED) is 0.909. The Morgan fingerprint density at radius 1 is 1.33 bits per heavy atom. The van der Waals surface area contributed by atoms with Crippen LogP contribution in [0.2, 0.25) is 0 Å². The lowest BCUT2D eigenvalue weighted by Gasteiger charge is -2.34. The maximum absolute atomic E-state index is 13.0. The Morgan fingerprint density at radius 3 is 2.62 bits per heavy atom. The summed E-state index contributed by atoms with van der Waals surface area (Å²) in [5.41, 5.74) is 0.656. The van der Waals surface area contributed by atoms with Gasteiger partial charge in [0.15, 0.2) is 0 Å². The van der Waals surface area contributed by atoms with Crippen LogP contribution >= 0.6 is 0 Å². The molecule has 1 aliphatic rings. The third-order valence-electron chi connectivity index (χ3n) is 3.32. The largest absolute Gasteiger partial charge is 0.444 e. The fourth-order valence-corrected chi connectivity index (χ4v) is 2.41. The molecule has 1 atom stereocenters. The van der Waals surface area contributed by atoms with Gasteiger partial charge in [-0.05, 0) is 57.9 Å². The van der Waals surface area contributed by atoms with Crippen molar-refractivity contribution < 1.29 is 13.9 Å². The Labute approximate surface area is 125 Å². The number of rotatable bonds is 2. The summed E-state index contributed by atoms with van der Waals surface area (Å²) in [6.45, 7) is 7.29. The van der Waals surface area contributed by atoms with Crippen LogP contribution in [0.3, 0.4) is 0 Å². The van der Waals surface area contributed by atoms with Crippen LogP contribution in [0.25, 0.3) is 0 Å². The van der Waals surface area contributed by atoms with Crippen molar-refractivity contribution in [3.8, 4) is 0 Å². The van der Waals surface area contributed by atoms with E-state index in [0.717, 1.165) is 25.1 Å². The fourth-order valence-electron chi connectivity index (χ4n) is 2.41. The van der Waals surface area contributed by atoms with E-state index in [1.54, 1.807) is 12.1 Å². The first-order chi connectivity index (χ1) is 9.83. The Kier molecular flexibility index (Phi) is 4.70. The zero-order valence-electron chi connectivity index (χ0n) is 12.9. The van der Waals surface area contributed by atoms with E-state index in [1.165, 1.54) is 12.1 Å². The predicted molar refractivity (Wildman–Crippen MR) is 81.0 cm³/mol. The minimum atomic E-state index is -0.381. The predicted octanol–water partition coefficient (Wildman–Crippen LogP) is 3.32. The van der Waals surface area contributed by atoms with E-state index in [9.17, 15) is 9.18 Å². The van der Waals surface area contributed by atoms with Gasteiger partial charge in [0.1, 0.15) is 11.9 Å². The van der Waals surface area contributed by atoms with Gasteiger partial charge in [-0.1, -0.05) is 0 Å². The number of piperidine rings is 1. The molecular formula is C16H23FN2O2. The van der Waals surface area contributed by atoms with E-state index < -0.39 is 0 Å². The molecule has 5 heteroatoms. The summed E-state index contributed by atoms with van der Waals surface area (Å²) in [5.74, 6) is -0.242. The highest BCUT2D eigenvalue weighted by Crippen LogP contribution is 2.21. The minimum Gasteiger partial charge on any atom is -0.444 e. The van der Waals surface area contributed by atoms with Crippen molar-refractivity contribution >= 4 is 11.8 Å². The van der Waals surface area contributed by atoms with Gasteiger partial charge >= 0.3 is 6.09 Å². The van der Waals surface area contributed by atoms with Crippen LogP contribution in [0.4, 0.5) is 14.9 Å². The van der Waals surface area contributed by atoms with Crippen molar-refractivity contribution in [1.82, 2.24) is 5.32 Å². The monoisotopic (exact) mass is 294 g/mol. The van der Waals surface area contributed by atoms with Gasteiger partial charge in [0.05, 0.1) is 6.54 Å². The Morgan fingerprint density at radius 2 is 2.00 bits per heavy atom. The standard InChI is InChI=1S/C16H23FN2O2/c1-16(2,3)18-15(20)21-14-5-4-10-19(11-14)13-8-6-12(17)7-9-13/h6-9,14H,4-5,10-11H2,1-3H3,(H,18,20). The summed E-state index contributed by atoms with van der Waals surface area (Å²) in [6, 6.07) is 6.41. The summed E-state index contributed by atoms with van der Waals surface area (Å²) < 4.78 is 18.4. The molecule has 1 amide bonds. The Balaban J connectivity index is 1.91. The van der Waals surface area contributed by atoms with E-state index in [0.29, 0.717) is 6.54 Å². The van der Waals surface area contributed by atoms with Crippen LogP contribution < -0.4 is 10.2 Å². The second-order valence-electron chi connectivity index (χ2n) is 6.47. The van der Waals surface area contributed by atoms with Crippen LogP contribution in [0.1, 0.15) is 33.6 Å². The average Bonchev–Trinajstić information content (AvgIpc) is 2.37. The smallest absolute Gasteiger partial charge is 0.407 e.